The van der Waals surface area contributed by atoms with E-state index in [4.69, 9.17) is 0 Å². The van der Waals surface area contributed by atoms with E-state index in [1.54, 1.807) is 0 Å². The summed E-state index contributed by atoms with van der Waals surface area (Å²) >= 11 is 0. The Labute approximate surface area is 149 Å². The summed E-state index contributed by atoms with van der Waals surface area (Å²) in [6, 6.07) is 2.18. The number of amides is 1. The van der Waals surface area contributed by atoms with Gasteiger partial charge >= 0.3 is 0 Å². The van der Waals surface area contributed by atoms with Crippen molar-refractivity contribution in [2.75, 3.05) is 31.1 Å². The molecule has 7 nitrogen and oxygen atoms in total. The minimum atomic E-state index is -2.84. The molecule has 1 unspecified atom stereocenters. The first kappa shape index (κ1) is 18.4. The van der Waals surface area contributed by atoms with Gasteiger partial charge in [0.2, 0.25) is 5.91 Å². The third-order valence-corrected chi connectivity index (χ3v) is 7.10. The largest absolute Gasteiger partial charge is 0.354 e. The fourth-order valence-electron chi connectivity index (χ4n) is 3.92. The van der Waals surface area contributed by atoms with Crippen LogP contribution in [-0.4, -0.2) is 66.2 Å². The van der Waals surface area contributed by atoms with Gasteiger partial charge in [0.05, 0.1) is 23.7 Å². The molecule has 3 heterocycles. The molecule has 1 atom stereocenters. The summed E-state index contributed by atoms with van der Waals surface area (Å²) in [5, 5.41) is 7.42. The minimum absolute atomic E-state index is 0.0368. The molecule has 0 saturated carbocycles. The molecule has 1 aromatic heterocycles. The highest BCUT2D eigenvalue weighted by Gasteiger charge is 2.35. The lowest BCUT2D eigenvalue weighted by atomic mass is 9.94. The SMILES string of the molecule is Cc1cc(C)n(CCNC(=O)C2CCN(C3CCS(=O)(=O)C3)CC2)n1. The third kappa shape index (κ3) is 4.61. The van der Waals surface area contributed by atoms with Crippen molar-refractivity contribution in [3.8, 4) is 0 Å². The molecule has 0 spiro atoms. The number of hydrogen-bond acceptors (Lipinski definition) is 5. The normalized spacial score (nSPS) is 24.5. The van der Waals surface area contributed by atoms with E-state index >= 15 is 0 Å². The van der Waals surface area contributed by atoms with Gasteiger partial charge in [-0.15, -0.1) is 0 Å². The van der Waals surface area contributed by atoms with Crippen molar-refractivity contribution in [2.45, 2.75) is 45.7 Å². The maximum absolute atomic E-state index is 12.4. The molecular weight excluding hydrogens is 340 g/mol. The zero-order valence-electron chi connectivity index (χ0n) is 15.1. The van der Waals surface area contributed by atoms with E-state index in [0.717, 1.165) is 43.7 Å². The number of carbonyl (C=O) groups excluding carboxylic acids is 1. The van der Waals surface area contributed by atoms with Crippen molar-refractivity contribution >= 4 is 15.7 Å². The van der Waals surface area contributed by atoms with Crippen LogP contribution in [0.3, 0.4) is 0 Å². The van der Waals surface area contributed by atoms with Gasteiger partial charge in [0, 0.05) is 24.2 Å². The van der Waals surface area contributed by atoms with Gasteiger partial charge in [0.25, 0.3) is 0 Å². The lowest BCUT2D eigenvalue weighted by Gasteiger charge is -2.34. The molecule has 1 aromatic rings. The van der Waals surface area contributed by atoms with Crippen LogP contribution in [0.15, 0.2) is 6.07 Å². The zero-order valence-corrected chi connectivity index (χ0v) is 15.9. The highest BCUT2D eigenvalue weighted by molar-refractivity contribution is 7.91. The van der Waals surface area contributed by atoms with Crippen molar-refractivity contribution in [1.82, 2.24) is 20.0 Å². The maximum Gasteiger partial charge on any atom is 0.223 e. The average molecular weight is 369 g/mol. The Hall–Kier alpha value is -1.41. The molecule has 8 heteroatoms. The summed E-state index contributed by atoms with van der Waals surface area (Å²) in [6.07, 6.45) is 2.35. The van der Waals surface area contributed by atoms with Crippen LogP contribution >= 0.6 is 0 Å². The van der Waals surface area contributed by atoms with Crippen molar-refractivity contribution in [3.63, 3.8) is 0 Å². The number of nitrogens with zero attached hydrogens (tertiary/aromatic N) is 3. The van der Waals surface area contributed by atoms with Crippen LogP contribution in [0.2, 0.25) is 0 Å². The monoisotopic (exact) mass is 368 g/mol. The topological polar surface area (TPSA) is 84.3 Å². The summed E-state index contributed by atoms with van der Waals surface area (Å²) < 4.78 is 25.2. The van der Waals surface area contributed by atoms with Gasteiger partial charge < -0.3 is 5.32 Å². The Morgan fingerprint density at radius 1 is 1.28 bits per heavy atom. The molecule has 2 fully saturated rings. The van der Waals surface area contributed by atoms with Gasteiger partial charge in [-0.1, -0.05) is 0 Å². The first-order valence-electron chi connectivity index (χ1n) is 9.07. The van der Waals surface area contributed by atoms with E-state index in [0.29, 0.717) is 18.8 Å². The Kier molecular flexibility index (Phi) is 5.48. The van der Waals surface area contributed by atoms with E-state index in [-0.39, 0.29) is 23.6 Å². The van der Waals surface area contributed by atoms with Gasteiger partial charge in [0.15, 0.2) is 9.84 Å². The van der Waals surface area contributed by atoms with E-state index in [2.05, 4.69) is 15.3 Å². The smallest absolute Gasteiger partial charge is 0.223 e. The van der Waals surface area contributed by atoms with E-state index in [1.807, 2.05) is 24.6 Å². The van der Waals surface area contributed by atoms with Crippen LogP contribution in [0.1, 0.15) is 30.7 Å². The fourth-order valence-corrected chi connectivity index (χ4v) is 5.68. The Morgan fingerprint density at radius 3 is 2.56 bits per heavy atom. The third-order valence-electron chi connectivity index (χ3n) is 5.35. The average Bonchev–Trinajstić information content (AvgIpc) is 3.09. The lowest BCUT2D eigenvalue weighted by Crippen LogP contribution is -2.45. The number of likely N-dealkylation sites (tertiary alicyclic amines) is 1. The quantitative estimate of drug-likeness (QED) is 0.819. The first-order chi connectivity index (χ1) is 11.8. The van der Waals surface area contributed by atoms with E-state index < -0.39 is 9.84 Å². The molecule has 3 rings (SSSR count). The molecule has 0 bridgehead atoms. The van der Waals surface area contributed by atoms with Crippen molar-refractivity contribution in [2.24, 2.45) is 5.92 Å². The molecule has 1 amide bonds. The molecule has 25 heavy (non-hydrogen) atoms. The molecule has 2 aliphatic heterocycles. The second-order valence-corrected chi connectivity index (χ2v) is 9.54. The summed E-state index contributed by atoms with van der Waals surface area (Å²) in [4.78, 5) is 14.6. The van der Waals surface area contributed by atoms with E-state index in [9.17, 15) is 13.2 Å². The molecule has 0 aliphatic carbocycles. The molecule has 2 saturated heterocycles. The van der Waals surface area contributed by atoms with Crippen molar-refractivity contribution in [3.05, 3.63) is 17.5 Å². The number of piperidine rings is 1. The number of carbonyl (C=O) groups is 1. The highest BCUT2D eigenvalue weighted by atomic mass is 32.2. The first-order valence-corrected chi connectivity index (χ1v) is 10.9. The number of aromatic nitrogens is 2. The predicted molar refractivity (Wildman–Crippen MR) is 96.1 cm³/mol. The summed E-state index contributed by atoms with van der Waals surface area (Å²) in [5.41, 5.74) is 2.09. The van der Waals surface area contributed by atoms with Crippen LogP contribution in [-0.2, 0) is 21.2 Å². The van der Waals surface area contributed by atoms with Gasteiger partial charge in [-0.25, -0.2) is 8.42 Å². The molecule has 1 N–H and O–H groups in total. The van der Waals surface area contributed by atoms with Crippen LogP contribution in [0.4, 0.5) is 0 Å². The van der Waals surface area contributed by atoms with Crippen LogP contribution in [0.5, 0.6) is 0 Å². The summed E-state index contributed by atoms with van der Waals surface area (Å²) in [6.45, 7) is 6.88. The van der Waals surface area contributed by atoms with Gasteiger partial charge in [-0.3, -0.25) is 14.4 Å². The maximum atomic E-state index is 12.4. The Bertz CT molecular complexity index is 720. The Balaban J connectivity index is 1.40. The molecule has 0 radical (unpaired) electrons. The zero-order chi connectivity index (χ0) is 18.0. The van der Waals surface area contributed by atoms with E-state index in [1.165, 1.54) is 0 Å². The second-order valence-electron chi connectivity index (χ2n) is 7.31. The molecule has 140 valence electrons. The molecule has 2 aliphatic rings. The Morgan fingerprint density at radius 2 is 2.00 bits per heavy atom. The standard InChI is InChI=1S/C17H28N4O3S/c1-13-11-14(2)21(19-13)9-6-18-17(22)15-3-7-20(8-4-15)16-5-10-25(23,24)12-16/h11,15-16H,3-10,12H2,1-2H3,(H,18,22). The fraction of sp³-hybridized carbons (Fsp3) is 0.765. The highest BCUT2D eigenvalue weighted by Crippen LogP contribution is 2.24. The van der Waals surface area contributed by atoms with Crippen LogP contribution in [0.25, 0.3) is 0 Å². The lowest BCUT2D eigenvalue weighted by molar-refractivity contribution is -0.126. The predicted octanol–water partition coefficient (Wildman–Crippen LogP) is 0.515. The number of rotatable bonds is 5. The van der Waals surface area contributed by atoms with Crippen LogP contribution in [0, 0.1) is 19.8 Å². The number of nitrogens with one attached hydrogen (secondary N) is 1. The summed E-state index contributed by atoms with van der Waals surface area (Å²) in [7, 11) is -2.84. The minimum Gasteiger partial charge on any atom is -0.354 e. The van der Waals surface area contributed by atoms with Gasteiger partial charge in [-0.2, -0.15) is 5.10 Å². The number of aryl methyl sites for hydroxylation is 2. The van der Waals surface area contributed by atoms with Crippen LogP contribution < -0.4 is 5.32 Å². The second kappa shape index (κ2) is 7.45. The summed E-state index contributed by atoms with van der Waals surface area (Å²) in [5.74, 6) is 0.742. The van der Waals surface area contributed by atoms with Crippen molar-refractivity contribution < 1.29 is 13.2 Å². The van der Waals surface area contributed by atoms with Gasteiger partial charge in [0.1, 0.15) is 0 Å². The van der Waals surface area contributed by atoms with Gasteiger partial charge in [-0.05, 0) is 52.3 Å². The van der Waals surface area contributed by atoms with Crippen molar-refractivity contribution in [1.29, 1.82) is 0 Å². The number of hydrogen-bond donors (Lipinski definition) is 1. The number of sulfone groups is 1. The molecule has 0 aromatic carbocycles. The molecular formula is C17H28N4O3S.